The number of halogens is 1. The van der Waals surface area contributed by atoms with Gasteiger partial charge in [0, 0.05) is 52.9 Å². The van der Waals surface area contributed by atoms with E-state index in [0.29, 0.717) is 23.8 Å². The highest BCUT2D eigenvalue weighted by Gasteiger charge is 2.15. The number of guanidine groups is 1. The van der Waals surface area contributed by atoms with Crippen LogP contribution in [0.15, 0.2) is 17.1 Å². The lowest BCUT2D eigenvalue weighted by Crippen LogP contribution is -2.49. The first-order chi connectivity index (χ1) is 13.6. The number of hydrogen-bond donors (Lipinski definition) is 2. The summed E-state index contributed by atoms with van der Waals surface area (Å²) in [6, 6.07) is 3.88. The lowest BCUT2D eigenvalue weighted by Gasteiger charge is -2.34. The van der Waals surface area contributed by atoms with Crippen molar-refractivity contribution < 1.29 is 14.2 Å². The van der Waals surface area contributed by atoms with Crippen LogP contribution < -0.4 is 24.8 Å². The molecule has 0 aromatic heterocycles. The fourth-order valence-corrected chi connectivity index (χ4v) is 3.31. The molecule has 0 aliphatic carbocycles. The van der Waals surface area contributed by atoms with Gasteiger partial charge in [0.2, 0.25) is 5.75 Å². The Morgan fingerprint density at radius 2 is 1.55 bits per heavy atom. The molecule has 8 nitrogen and oxygen atoms in total. The minimum Gasteiger partial charge on any atom is -0.493 e. The molecule has 2 rings (SSSR count). The van der Waals surface area contributed by atoms with Gasteiger partial charge in [-0.3, -0.25) is 9.89 Å². The first-order valence-electron chi connectivity index (χ1n) is 9.83. The molecule has 9 heteroatoms. The van der Waals surface area contributed by atoms with Crippen LogP contribution in [0.2, 0.25) is 0 Å². The summed E-state index contributed by atoms with van der Waals surface area (Å²) in [6.07, 6.45) is 0. The number of methoxy groups -OCH3 is 3. The van der Waals surface area contributed by atoms with Crippen molar-refractivity contribution in [3.8, 4) is 17.2 Å². The van der Waals surface area contributed by atoms with Crippen LogP contribution in [-0.4, -0.2) is 89.9 Å². The Morgan fingerprint density at radius 3 is 2.03 bits per heavy atom. The predicted octanol–water partition coefficient (Wildman–Crippen LogP) is 1.63. The number of likely N-dealkylation sites (N-methyl/N-ethyl adjacent to an activating group) is 1. The van der Waals surface area contributed by atoms with E-state index in [0.717, 1.165) is 57.3 Å². The van der Waals surface area contributed by atoms with Crippen LogP contribution in [0.4, 0.5) is 0 Å². The quantitative estimate of drug-likeness (QED) is 0.291. The zero-order chi connectivity index (χ0) is 20.4. The van der Waals surface area contributed by atoms with Crippen molar-refractivity contribution in [3.63, 3.8) is 0 Å². The van der Waals surface area contributed by atoms with Crippen molar-refractivity contribution in [3.05, 3.63) is 17.7 Å². The lowest BCUT2D eigenvalue weighted by molar-refractivity contribution is 0.139. The standard InChI is InChI=1S/C20H35N5O3.HI/c1-6-24-9-11-25(12-10-24)8-7-22-20(21-2)23-15-16-13-17(26-3)19(28-5)18(14-16)27-4;/h13-14H,6-12,15H2,1-5H3,(H2,21,22,23);1H. The average molecular weight is 521 g/mol. The third-order valence-electron chi connectivity index (χ3n) is 5.04. The number of hydrogen-bond acceptors (Lipinski definition) is 6. The van der Waals surface area contributed by atoms with Gasteiger partial charge in [0.05, 0.1) is 21.3 Å². The number of aliphatic imine (C=N–C) groups is 1. The van der Waals surface area contributed by atoms with Gasteiger partial charge in [-0.05, 0) is 24.2 Å². The molecule has 0 amide bonds. The van der Waals surface area contributed by atoms with E-state index in [2.05, 4.69) is 32.3 Å². The van der Waals surface area contributed by atoms with Crippen molar-refractivity contribution in [2.24, 2.45) is 4.99 Å². The maximum absolute atomic E-state index is 5.41. The van der Waals surface area contributed by atoms with E-state index in [-0.39, 0.29) is 24.0 Å². The fourth-order valence-electron chi connectivity index (χ4n) is 3.31. The van der Waals surface area contributed by atoms with E-state index in [9.17, 15) is 0 Å². The Balaban J connectivity index is 0.00000420. The molecule has 1 aromatic carbocycles. The monoisotopic (exact) mass is 521 g/mol. The summed E-state index contributed by atoms with van der Waals surface area (Å²) in [6.45, 7) is 10.4. The summed E-state index contributed by atoms with van der Waals surface area (Å²) in [5.41, 5.74) is 1.02. The first kappa shape index (κ1) is 25.6. The van der Waals surface area contributed by atoms with Crippen molar-refractivity contribution in [2.45, 2.75) is 13.5 Å². The maximum atomic E-state index is 5.41. The fraction of sp³-hybridized carbons (Fsp3) is 0.650. The molecule has 1 saturated heterocycles. The van der Waals surface area contributed by atoms with Crippen LogP contribution in [0.3, 0.4) is 0 Å². The van der Waals surface area contributed by atoms with E-state index < -0.39 is 0 Å². The average Bonchev–Trinajstić information content (AvgIpc) is 2.75. The van der Waals surface area contributed by atoms with Crippen LogP contribution in [0.25, 0.3) is 0 Å². The predicted molar refractivity (Wildman–Crippen MR) is 128 cm³/mol. The molecule has 0 bridgehead atoms. The van der Waals surface area contributed by atoms with Gasteiger partial charge in [-0.1, -0.05) is 6.92 Å². The Hall–Kier alpha value is -1.46. The molecule has 29 heavy (non-hydrogen) atoms. The summed E-state index contributed by atoms with van der Waals surface area (Å²) in [7, 11) is 6.63. The second-order valence-corrected chi connectivity index (χ2v) is 6.66. The van der Waals surface area contributed by atoms with Gasteiger partial charge in [-0.2, -0.15) is 0 Å². The molecule has 1 fully saturated rings. The molecule has 1 aliphatic rings. The summed E-state index contributed by atoms with van der Waals surface area (Å²) in [5, 5.41) is 6.73. The topological polar surface area (TPSA) is 70.6 Å². The van der Waals surface area contributed by atoms with Gasteiger partial charge in [0.1, 0.15) is 0 Å². The summed E-state index contributed by atoms with van der Waals surface area (Å²) in [4.78, 5) is 9.29. The van der Waals surface area contributed by atoms with Gasteiger partial charge in [-0.25, -0.2) is 0 Å². The molecule has 0 unspecified atom stereocenters. The summed E-state index contributed by atoms with van der Waals surface area (Å²) < 4.78 is 16.2. The largest absolute Gasteiger partial charge is 0.493 e. The summed E-state index contributed by atoms with van der Waals surface area (Å²) >= 11 is 0. The molecular weight excluding hydrogens is 485 g/mol. The molecule has 1 heterocycles. The van der Waals surface area contributed by atoms with Crippen LogP contribution >= 0.6 is 24.0 Å². The molecule has 0 radical (unpaired) electrons. The molecule has 0 saturated carbocycles. The number of piperazine rings is 1. The molecule has 0 spiro atoms. The Bertz CT molecular complexity index is 612. The number of ether oxygens (including phenoxy) is 3. The zero-order valence-corrected chi connectivity index (χ0v) is 20.6. The number of rotatable bonds is 9. The SMILES string of the molecule is CCN1CCN(CCNC(=NC)NCc2cc(OC)c(OC)c(OC)c2)CC1.I. The van der Waals surface area contributed by atoms with E-state index in [1.165, 1.54) is 0 Å². The highest BCUT2D eigenvalue weighted by atomic mass is 127. The lowest BCUT2D eigenvalue weighted by atomic mass is 10.2. The van der Waals surface area contributed by atoms with Crippen LogP contribution in [-0.2, 0) is 6.54 Å². The Morgan fingerprint density at radius 1 is 0.966 bits per heavy atom. The molecule has 166 valence electrons. The molecular formula is C20H36IN5O3. The van der Waals surface area contributed by atoms with Gasteiger partial charge in [0.25, 0.3) is 0 Å². The summed E-state index contributed by atoms with van der Waals surface area (Å²) in [5.74, 6) is 2.67. The van der Waals surface area contributed by atoms with Crippen molar-refractivity contribution in [1.29, 1.82) is 0 Å². The van der Waals surface area contributed by atoms with Crippen LogP contribution in [0.1, 0.15) is 12.5 Å². The van der Waals surface area contributed by atoms with Gasteiger partial charge >= 0.3 is 0 Å². The first-order valence-corrected chi connectivity index (χ1v) is 9.83. The van der Waals surface area contributed by atoms with Crippen molar-refractivity contribution in [1.82, 2.24) is 20.4 Å². The minimum atomic E-state index is 0. The Labute approximate surface area is 192 Å². The van der Waals surface area contributed by atoms with Crippen molar-refractivity contribution in [2.75, 3.05) is 74.2 Å². The highest BCUT2D eigenvalue weighted by molar-refractivity contribution is 14.0. The zero-order valence-electron chi connectivity index (χ0n) is 18.3. The van der Waals surface area contributed by atoms with Gasteiger partial charge in [-0.15, -0.1) is 24.0 Å². The van der Waals surface area contributed by atoms with E-state index in [1.807, 2.05) is 12.1 Å². The normalized spacial score (nSPS) is 15.4. The Kier molecular flexibility index (Phi) is 12.1. The number of nitrogens with one attached hydrogen (secondary N) is 2. The van der Waals surface area contributed by atoms with E-state index >= 15 is 0 Å². The van der Waals surface area contributed by atoms with Gasteiger partial charge in [0.15, 0.2) is 17.5 Å². The van der Waals surface area contributed by atoms with E-state index in [1.54, 1.807) is 28.4 Å². The van der Waals surface area contributed by atoms with Crippen molar-refractivity contribution >= 4 is 29.9 Å². The second-order valence-electron chi connectivity index (χ2n) is 6.66. The van der Waals surface area contributed by atoms with E-state index in [4.69, 9.17) is 14.2 Å². The third-order valence-corrected chi connectivity index (χ3v) is 5.04. The molecule has 1 aromatic rings. The van der Waals surface area contributed by atoms with Crippen LogP contribution in [0.5, 0.6) is 17.2 Å². The maximum Gasteiger partial charge on any atom is 0.203 e. The molecule has 1 aliphatic heterocycles. The second kappa shape index (κ2) is 13.7. The third kappa shape index (κ3) is 7.71. The molecule has 0 atom stereocenters. The minimum absolute atomic E-state index is 0. The highest BCUT2D eigenvalue weighted by Crippen LogP contribution is 2.38. The smallest absolute Gasteiger partial charge is 0.203 e. The number of nitrogens with zero attached hydrogens (tertiary/aromatic N) is 3. The van der Waals surface area contributed by atoms with Gasteiger partial charge < -0.3 is 29.7 Å². The number of benzene rings is 1. The van der Waals surface area contributed by atoms with Crippen LogP contribution in [0, 0.1) is 0 Å². The molecule has 2 N–H and O–H groups in total.